The van der Waals surface area contributed by atoms with Gasteiger partial charge in [-0.3, -0.25) is 9.36 Å². The van der Waals surface area contributed by atoms with Crippen LogP contribution < -0.4 is 5.56 Å². The van der Waals surface area contributed by atoms with Gasteiger partial charge in [-0.05, 0) is 18.6 Å². The van der Waals surface area contributed by atoms with E-state index in [2.05, 4.69) is 9.97 Å². The van der Waals surface area contributed by atoms with Crippen molar-refractivity contribution in [3.63, 3.8) is 0 Å². The molecular weight excluding hydrogens is 342 g/mol. The van der Waals surface area contributed by atoms with E-state index in [1.54, 1.807) is 6.07 Å². The first kappa shape index (κ1) is 15.1. The van der Waals surface area contributed by atoms with Gasteiger partial charge in [-0.15, -0.1) is 11.3 Å². The van der Waals surface area contributed by atoms with Gasteiger partial charge in [-0.1, -0.05) is 54.1 Å². The van der Waals surface area contributed by atoms with Gasteiger partial charge in [0.1, 0.15) is 16.0 Å². The van der Waals surface area contributed by atoms with E-state index in [1.807, 2.05) is 49.4 Å². The van der Waals surface area contributed by atoms with Crippen molar-refractivity contribution in [2.75, 3.05) is 0 Å². The smallest absolute Gasteiger partial charge is 0.267 e. The lowest BCUT2D eigenvalue weighted by atomic mass is 10.2. The topological polar surface area (TPSA) is 47.8 Å². The molecular formula is C18H12ClN3OS. The lowest BCUT2D eigenvalue weighted by molar-refractivity contribution is 0.952. The molecule has 4 rings (SSSR count). The highest BCUT2D eigenvalue weighted by atomic mass is 35.5. The number of thiazole rings is 1. The SMILES string of the molecule is Cc1cccc(Cl)c1-n1cnc2nc(-c3ccccc3)sc2c1=O. The van der Waals surface area contributed by atoms with Crippen LogP contribution in [0.2, 0.25) is 5.02 Å². The van der Waals surface area contributed by atoms with Gasteiger partial charge in [0.05, 0.1) is 10.7 Å². The quantitative estimate of drug-likeness (QED) is 0.534. The van der Waals surface area contributed by atoms with E-state index in [1.165, 1.54) is 22.2 Å². The van der Waals surface area contributed by atoms with Crippen LogP contribution >= 0.6 is 22.9 Å². The molecule has 4 nitrogen and oxygen atoms in total. The van der Waals surface area contributed by atoms with E-state index in [0.29, 0.717) is 21.1 Å². The zero-order valence-corrected chi connectivity index (χ0v) is 14.3. The minimum atomic E-state index is -0.157. The predicted octanol–water partition coefficient (Wildman–Crippen LogP) is 4.47. The molecule has 6 heteroatoms. The molecule has 0 aliphatic rings. The second-order valence-electron chi connectivity index (χ2n) is 5.36. The Morgan fingerprint density at radius 1 is 1.08 bits per heavy atom. The molecule has 4 aromatic rings. The van der Waals surface area contributed by atoms with E-state index in [0.717, 1.165) is 16.1 Å². The number of aryl methyl sites for hydroxylation is 1. The Hall–Kier alpha value is -2.50. The maximum absolute atomic E-state index is 12.9. The number of aromatic nitrogens is 3. The minimum Gasteiger partial charge on any atom is -0.267 e. The van der Waals surface area contributed by atoms with Gasteiger partial charge in [0.25, 0.3) is 5.56 Å². The molecule has 0 N–H and O–H groups in total. The normalized spacial score (nSPS) is 11.1. The highest BCUT2D eigenvalue weighted by Crippen LogP contribution is 2.28. The number of benzene rings is 2. The molecule has 24 heavy (non-hydrogen) atoms. The van der Waals surface area contributed by atoms with Crippen molar-refractivity contribution in [2.45, 2.75) is 6.92 Å². The third-order valence-corrected chi connectivity index (χ3v) is 5.15. The van der Waals surface area contributed by atoms with Crippen molar-refractivity contribution in [1.82, 2.24) is 14.5 Å². The van der Waals surface area contributed by atoms with E-state index >= 15 is 0 Å². The fourth-order valence-corrected chi connectivity index (χ4v) is 3.87. The summed E-state index contributed by atoms with van der Waals surface area (Å²) in [6.45, 7) is 1.92. The average Bonchev–Trinajstić information content (AvgIpc) is 3.03. The molecule has 0 aliphatic carbocycles. The summed E-state index contributed by atoms with van der Waals surface area (Å²) >= 11 is 7.64. The van der Waals surface area contributed by atoms with Gasteiger partial charge in [0.15, 0.2) is 5.65 Å². The van der Waals surface area contributed by atoms with Crippen LogP contribution in [0.5, 0.6) is 0 Å². The summed E-state index contributed by atoms with van der Waals surface area (Å²) in [6.07, 6.45) is 1.49. The second-order valence-corrected chi connectivity index (χ2v) is 6.77. The van der Waals surface area contributed by atoms with Gasteiger partial charge < -0.3 is 0 Å². The Labute approximate surface area is 147 Å². The summed E-state index contributed by atoms with van der Waals surface area (Å²) in [5.74, 6) is 0. The Kier molecular flexibility index (Phi) is 3.67. The van der Waals surface area contributed by atoms with Crippen LogP contribution in [0.3, 0.4) is 0 Å². The van der Waals surface area contributed by atoms with Crippen molar-refractivity contribution in [3.05, 3.63) is 75.8 Å². The second kappa shape index (κ2) is 5.85. The third-order valence-electron chi connectivity index (χ3n) is 3.77. The molecule has 2 aromatic heterocycles. The minimum absolute atomic E-state index is 0.157. The van der Waals surface area contributed by atoms with Crippen molar-refractivity contribution >= 4 is 33.3 Å². The fraction of sp³-hybridized carbons (Fsp3) is 0.0556. The highest BCUT2D eigenvalue weighted by molar-refractivity contribution is 7.21. The fourth-order valence-electron chi connectivity index (χ4n) is 2.60. The molecule has 0 fully saturated rings. The van der Waals surface area contributed by atoms with Crippen LogP contribution in [-0.2, 0) is 0 Å². The van der Waals surface area contributed by atoms with Gasteiger partial charge >= 0.3 is 0 Å². The van der Waals surface area contributed by atoms with Crippen LogP contribution in [0, 0.1) is 6.92 Å². The molecule has 0 aliphatic heterocycles. The first-order valence-electron chi connectivity index (χ1n) is 7.34. The molecule has 0 bridgehead atoms. The first-order valence-corrected chi connectivity index (χ1v) is 8.53. The van der Waals surface area contributed by atoms with Gasteiger partial charge in [-0.2, -0.15) is 0 Å². The lowest BCUT2D eigenvalue weighted by Crippen LogP contribution is -2.19. The zero-order chi connectivity index (χ0) is 16.7. The zero-order valence-electron chi connectivity index (χ0n) is 12.7. The highest BCUT2D eigenvalue weighted by Gasteiger charge is 2.15. The van der Waals surface area contributed by atoms with Crippen molar-refractivity contribution in [1.29, 1.82) is 0 Å². The van der Waals surface area contributed by atoms with E-state index in [4.69, 9.17) is 11.6 Å². The van der Waals surface area contributed by atoms with Gasteiger partial charge in [-0.25, -0.2) is 9.97 Å². The first-order chi connectivity index (χ1) is 11.6. The lowest BCUT2D eigenvalue weighted by Gasteiger charge is -2.10. The van der Waals surface area contributed by atoms with Crippen LogP contribution in [0.1, 0.15) is 5.56 Å². The Morgan fingerprint density at radius 2 is 1.88 bits per heavy atom. The summed E-state index contributed by atoms with van der Waals surface area (Å²) < 4.78 is 2.02. The van der Waals surface area contributed by atoms with Crippen LogP contribution in [0.4, 0.5) is 0 Å². The maximum Gasteiger partial charge on any atom is 0.277 e. The number of fused-ring (bicyclic) bond motifs is 1. The molecule has 2 heterocycles. The molecule has 2 aromatic carbocycles. The molecule has 0 saturated carbocycles. The number of hydrogen-bond acceptors (Lipinski definition) is 4. The van der Waals surface area contributed by atoms with Crippen LogP contribution in [-0.4, -0.2) is 14.5 Å². The molecule has 0 amide bonds. The molecule has 0 unspecified atom stereocenters. The van der Waals surface area contributed by atoms with Crippen LogP contribution in [0.25, 0.3) is 26.6 Å². The maximum atomic E-state index is 12.9. The summed E-state index contributed by atoms with van der Waals surface area (Å²) in [5, 5.41) is 1.30. The summed E-state index contributed by atoms with van der Waals surface area (Å²) in [4.78, 5) is 21.7. The Balaban J connectivity index is 1.95. The van der Waals surface area contributed by atoms with Crippen LogP contribution in [0.15, 0.2) is 59.7 Å². The molecule has 0 saturated heterocycles. The van der Waals surface area contributed by atoms with E-state index in [9.17, 15) is 4.79 Å². The summed E-state index contributed by atoms with van der Waals surface area (Å²) in [5.41, 5.74) is 2.85. The molecule has 0 spiro atoms. The molecule has 0 atom stereocenters. The van der Waals surface area contributed by atoms with Crippen molar-refractivity contribution in [3.8, 4) is 16.3 Å². The van der Waals surface area contributed by atoms with Crippen molar-refractivity contribution in [2.24, 2.45) is 0 Å². The Morgan fingerprint density at radius 3 is 2.62 bits per heavy atom. The van der Waals surface area contributed by atoms with Gasteiger partial charge in [0.2, 0.25) is 0 Å². The van der Waals surface area contributed by atoms with Gasteiger partial charge in [0, 0.05) is 5.56 Å². The molecule has 118 valence electrons. The largest absolute Gasteiger partial charge is 0.277 e. The number of halogens is 1. The number of hydrogen-bond donors (Lipinski definition) is 0. The van der Waals surface area contributed by atoms with E-state index in [-0.39, 0.29) is 5.56 Å². The number of para-hydroxylation sites is 1. The monoisotopic (exact) mass is 353 g/mol. The number of rotatable bonds is 2. The summed E-state index contributed by atoms with van der Waals surface area (Å²) in [6, 6.07) is 15.3. The standard InChI is InChI=1S/C18H12ClN3OS/c1-11-6-5-9-13(19)14(11)22-10-20-16-15(18(22)23)24-17(21-16)12-7-3-2-4-8-12/h2-10H,1H3. The predicted molar refractivity (Wildman–Crippen MR) is 98.2 cm³/mol. The van der Waals surface area contributed by atoms with E-state index < -0.39 is 0 Å². The van der Waals surface area contributed by atoms with Crippen molar-refractivity contribution < 1.29 is 0 Å². The number of nitrogens with zero attached hydrogens (tertiary/aromatic N) is 3. The Bertz CT molecular complexity index is 1080. The third kappa shape index (κ3) is 2.42. The summed E-state index contributed by atoms with van der Waals surface area (Å²) in [7, 11) is 0. The molecule has 0 radical (unpaired) electrons. The average molecular weight is 354 g/mol.